The fourth-order valence-corrected chi connectivity index (χ4v) is 2.85. The number of fused-ring (bicyclic) bond motifs is 1. The number of nitrogens with one attached hydrogen (secondary N) is 2. The maximum absolute atomic E-state index is 11.4. The Bertz CT molecular complexity index is 1490. The Morgan fingerprint density at radius 1 is 1.30 bits per heavy atom. The SMILES string of the molecule is N#Cc1ccccc1Oc1nc(=NC2CC2)n2ncc(=Cc3[nH]c(=O)[nH]c3O)c2n1. The number of hydrogen-bond donors (Lipinski definition) is 3. The van der Waals surface area contributed by atoms with Gasteiger partial charge in [0.1, 0.15) is 17.5 Å². The van der Waals surface area contributed by atoms with Crippen molar-refractivity contribution in [3.63, 3.8) is 0 Å². The highest BCUT2D eigenvalue weighted by Crippen LogP contribution is 2.23. The van der Waals surface area contributed by atoms with Gasteiger partial charge in [-0.3, -0.25) is 4.98 Å². The third-order valence-electron chi connectivity index (χ3n) is 4.45. The van der Waals surface area contributed by atoms with Gasteiger partial charge in [0.2, 0.25) is 5.88 Å². The second-order valence-electron chi connectivity index (χ2n) is 6.70. The van der Waals surface area contributed by atoms with E-state index in [0.29, 0.717) is 27.8 Å². The van der Waals surface area contributed by atoms with Gasteiger partial charge in [-0.25, -0.2) is 9.79 Å². The lowest BCUT2D eigenvalue weighted by Gasteiger charge is -2.05. The molecule has 11 nitrogen and oxygen atoms in total. The van der Waals surface area contributed by atoms with E-state index in [1.54, 1.807) is 24.3 Å². The predicted octanol–water partition coefficient (Wildman–Crippen LogP) is 0.121. The smallest absolute Gasteiger partial charge is 0.327 e. The normalized spacial score (nSPS) is 14.9. The number of benzene rings is 1. The van der Waals surface area contributed by atoms with Gasteiger partial charge >= 0.3 is 11.7 Å². The van der Waals surface area contributed by atoms with Crippen LogP contribution in [0.1, 0.15) is 24.1 Å². The van der Waals surface area contributed by atoms with Gasteiger partial charge in [-0.2, -0.15) is 24.8 Å². The van der Waals surface area contributed by atoms with Gasteiger partial charge in [-0.15, -0.1) is 0 Å². The Balaban J connectivity index is 1.70. The molecule has 0 spiro atoms. The highest BCUT2D eigenvalue weighted by molar-refractivity contribution is 5.56. The summed E-state index contributed by atoms with van der Waals surface area (Å²) in [6, 6.07) is 9.00. The third-order valence-corrected chi connectivity index (χ3v) is 4.45. The highest BCUT2D eigenvalue weighted by atomic mass is 16.5. The molecule has 3 aromatic heterocycles. The van der Waals surface area contributed by atoms with Gasteiger partial charge in [-0.1, -0.05) is 12.1 Å². The van der Waals surface area contributed by atoms with E-state index in [9.17, 15) is 15.2 Å². The van der Waals surface area contributed by atoms with E-state index >= 15 is 0 Å². The lowest BCUT2D eigenvalue weighted by Crippen LogP contribution is -2.23. The lowest BCUT2D eigenvalue weighted by molar-refractivity contribution is 0.434. The first-order valence-corrected chi connectivity index (χ1v) is 9.10. The number of imidazole rings is 1. The standard InChI is InChI=1S/C19H14N8O3/c20-8-10-3-1-2-4-14(10)30-19-24-15-11(7-13-16(28)25-18(29)23-13)9-21-27(15)17(26-19)22-12-5-6-12/h1-4,7,9,12,28H,5-6H2,(H2,23,25,29). The molecule has 1 aliphatic carbocycles. The van der Waals surface area contributed by atoms with Crippen molar-refractivity contribution in [1.82, 2.24) is 29.5 Å². The van der Waals surface area contributed by atoms with Crippen molar-refractivity contribution in [2.75, 3.05) is 0 Å². The molecule has 5 rings (SSSR count). The Morgan fingerprint density at radius 2 is 2.13 bits per heavy atom. The summed E-state index contributed by atoms with van der Waals surface area (Å²) in [4.78, 5) is 29.5. The molecular formula is C19H14N8O3. The number of hydrogen-bond acceptors (Lipinski definition) is 8. The molecular weight excluding hydrogens is 388 g/mol. The van der Waals surface area contributed by atoms with Crippen LogP contribution in [0.5, 0.6) is 17.6 Å². The highest BCUT2D eigenvalue weighted by Gasteiger charge is 2.21. The monoisotopic (exact) mass is 402 g/mol. The summed E-state index contributed by atoms with van der Waals surface area (Å²) in [5, 5.41) is 23.9. The van der Waals surface area contributed by atoms with E-state index in [4.69, 9.17) is 4.74 Å². The number of aromatic nitrogens is 6. The molecule has 3 N–H and O–H groups in total. The van der Waals surface area contributed by atoms with Crippen LogP contribution in [-0.4, -0.2) is 40.7 Å². The fourth-order valence-electron chi connectivity index (χ4n) is 2.85. The van der Waals surface area contributed by atoms with E-state index < -0.39 is 5.69 Å². The molecule has 1 fully saturated rings. The maximum Gasteiger partial charge on any atom is 0.327 e. The molecule has 0 radical (unpaired) electrons. The van der Waals surface area contributed by atoms with Gasteiger partial charge in [0.25, 0.3) is 5.62 Å². The number of aromatic amines is 2. The summed E-state index contributed by atoms with van der Waals surface area (Å²) >= 11 is 0. The Morgan fingerprint density at radius 3 is 2.87 bits per heavy atom. The van der Waals surface area contributed by atoms with Crippen LogP contribution >= 0.6 is 0 Å². The Labute approximate surface area is 167 Å². The molecule has 0 aliphatic heterocycles. The first kappa shape index (κ1) is 17.6. The van der Waals surface area contributed by atoms with Crippen molar-refractivity contribution >= 4 is 11.7 Å². The van der Waals surface area contributed by atoms with Crippen molar-refractivity contribution in [2.45, 2.75) is 18.9 Å². The van der Waals surface area contributed by atoms with Crippen LogP contribution in [0.3, 0.4) is 0 Å². The topological polar surface area (TPSA) is 157 Å². The van der Waals surface area contributed by atoms with Crippen molar-refractivity contribution < 1.29 is 9.84 Å². The molecule has 0 saturated heterocycles. The second kappa shape index (κ2) is 6.85. The minimum absolute atomic E-state index is 0.00605. The summed E-state index contributed by atoms with van der Waals surface area (Å²) in [6.45, 7) is 0. The third kappa shape index (κ3) is 3.26. The maximum atomic E-state index is 11.4. The van der Waals surface area contributed by atoms with Gasteiger partial charge < -0.3 is 14.8 Å². The minimum Gasteiger partial charge on any atom is -0.493 e. The van der Waals surface area contributed by atoms with Gasteiger partial charge in [0, 0.05) is 5.22 Å². The molecule has 0 amide bonds. The molecule has 3 heterocycles. The second-order valence-corrected chi connectivity index (χ2v) is 6.70. The molecule has 11 heteroatoms. The molecule has 1 aliphatic rings. The van der Waals surface area contributed by atoms with Crippen LogP contribution in [0, 0.1) is 11.3 Å². The zero-order chi connectivity index (χ0) is 20.7. The molecule has 30 heavy (non-hydrogen) atoms. The minimum atomic E-state index is -0.536. The van der Waals surface area contributed by atoms with Crippen molar-refractivity contribution in [3.8, 4) is 23.7 Å². The molecule has 0 unspecified atom stereocenters. The summed E-state index contributed by atoms with van der Waals surface area (Å²) in [5.41, 5.74) is 0.684. The first-order chi connectivity index (χ1) is 14.6. The van der Waals surface area contributed by atoms with E-state index in [0.717, 1.165) is 12.8 Å². The zero-order valence-electron chi connectivity index (χ0n) is 15.4. The number of nitrogens with zero attached hydrogens (tertiary/aromatic N) is 6. The predicted molar refractivity (Wildman–Crippen MR) is 102 cm³/mol. The molecule has 0 atom stereocenters. The fraction of sp³-hybridized carbons (Fsp3) is 0.158. The quantitative estimate of drug-likeness (QED) is 0.437. The Hall–Kier alpha value is -4.46. The molecule has 1 aromatic carbocycles. The molecule has 148 valence electrons. The number of para-hydroxylation sites is 1. The van der Waals surface area contributed by atoms with E-state index in [-0.39, 0.29) is 23.6 Å². The average Bonchev–Trinajstić information content (AvgIpc) is 3.37. The van der Waals surface area contributed by atoms with Gasteiger partial charge in [0.05, 0.1) is 17.8 Å². The summed E-state index contributed by atoms with van der Waals surface area (Å²) in [7, 11) is 0. The van der Waals surface area contributed by atoms with Crippen LogP contribution in [0.15, 0.2) is 40.2 Å². The summed E-state index contributed by atoms with van der Waals surface area (Å²) in [5.74, 6) is 0.0232. The Kier molecular flexibility index (Phi) is 4.03. The van der Waals surface area contributed by atoms with Crippen LogP contribution in [0.25, 0.3) is 11.7 Å². The number of nitriles is 1. The van der Waals surface area contributed by atoms with E-state index in [1.807, 2.05) is 0 Å². The van der Waals surface area contributed by atoms with Crippen LogP contribution < -0.4 is 21.3 Å². The molecule has 1 saturated carbocycles. The van der Waals surface area contributed by atoms with E-state index in [2.05, 4.69) is 36.1 Å². The number of ether oxygens (including phenoxy) is 1. The van der Waals surface area contributed by atoms with Gasteiger partial charge in [0.15, 0.2) is 5.65 Å². The van der Waals surface area contributed by atoms with E-state index in [1.165, 1.54) is 16.8 Å². The molecule has 0 bridgehead atoms. The van der Waals surface area contributed by atoms with Crippen LogP contribution in [0.4, 0.5) is 0 Å². The van der Waals surface area contributed by atoms with Crippen molar-refractivity contribution in [3.05, 3.63) is 63.0 Å². The average molecular weight is 402 g/mol. The largest absolute Gasteiger partial charge is 0.493 e. The first-order valence-electron chi connectivity index (χ1n) is 9.10. The lowest BCUT2D eigenvalue weighted by atomic mass is 10.2. The summed E-state index contributed by atoms with van der Waals surface area (Å²) < 4.78 is 7.25. The number of rotatable bonds is 4. The zero-order valence-corrected chi connectivity index (χ0v) is 15.4. The number of aromatic hydroxyl groups is 1. The molecule has 4 aromatic rings. The van der Waals surface area contributed by atoms with Gasteiger partial charge in [-0.05, 0) is 31.1 Å². The number of H-pyrrole nitrogens is 2. The summed E-state index contributed by atoms with van der Waals surface area (Å²) in [6.07, 6.45) is 4.99. The van der Waals surface area contributed by atoms with Crippen LogP contribution in [-0.2, 0) is 0 Å². The van der Waals surface area contributed by atoms with Crippen molar-refractivity contribution in [1.29, 1.82) is 5.26 Å². The van der Waals surface area contributed by atoms with Crippen molar-refractivity contribution in [2.24, 2.45) is 4.99 Å². The van der Waals surface area contributed by atoms with Crippen LogP contribution in [0.2, 0.25) is 0 Å².